The van der Waals surface area contributed by atoms with Crippen LogP contribution in [0.3, 0.4) is 0 Å². The Kier molecular flexibility index (Phi) is 5.60. The lowest BCUT2D eigenvalue weighted by molar-refractivity contribution is 0.653. The molecule has 0 atom stereocenters. The first-order valence-electron chi connectivity index (χ1n) is 4.98. The van der Waals surface area contributed by atoms with Crippen molar-refractivity contribution in [1.29, 1.82) is 0 Å². The Hall–Kier alpha value is -0.570. The number of hydrogen-bond acceptors (Lipinski definition) is 2. The van der Waals surface area contributed by atoms with Crippen molar-refractivity contribution in [1.82, 2.24) is 5.32 Å². The molecule has 0 amide bonds. The Balaban J connectivity index is 2.15. The lowest BCUT2D eigenvalue weighted by Gasteiger charge is -2.03. The summed E-state index contributed by atoms with van der Waals surface area (Å²) in [5, 5.41) is 4.13. The van der Waals surface area contributed by atoms with Gasteiger partial charge in [-0.15, -0.1) is 0 Å². The van der Waals surface area contributed by atoms with Crippen LogP contribution in [0.25, 0.3) is 0 Å². The fraction of sp³-hybridized carbons (Fsp3) is 0.455. The molecule has 0 heterocycles. The van der Waals surface area contributed by atoms with E-state index in [2.05, 4.69) is 17.4 Å². The lowest BCUT2D eigenvalue weighted by Crippen LogP contribution is -2.20. The van der Waals surface area contributed by atoms with E-state index in [4.69, 9.17) is 17.3 Å². The molecule has 0 fully saturated rings. The zero-order valence-electron chi connectivity index (χ0n) is 8.30. The van der Waals surface area contributed by atoms with Crippen LogP contribution < -0.4 is 11.1 Å². The molecule has 14 heavy (non-hydrogen) atoms. The number of hydrogen-bond donors (Lipinski definition) is 2. The van der Waals surface area contributed by atoms with E-state index in [1.807, 2.05) is 12.1 Å². The van der Waals surface area contributed by atoms with Gasteiger partial charge in [-0.1, -0.05) is 23.7 Å². The van der Waals surface area contributed by atoms with Crippen LogP contribution in [0.4, 0.5) is 0 Å². The second-order valence-corrected chi connectivity index (χ2v) is 3.71. The second kappa shape index (κ2) is 6.82. The van der Waals surface area contributed by atoms with E-state index in [0.29, 0.717) is 0 Å². The molecule has 1 aromatic carbocycles. The van der Waals surface area contributed by atoms with Gasteiger partial charge in [0.15, 0.2) is 0 Å². The summed E-state index contributed by atoms with van der Waals surface area (Å²) in [5.41, 5.74) is 6.70. The molecule has 0 aromatic heterocycles. The van der Waals surface area contributed by atoms with Gasteiger partial charge in [0.2, 0.25) is 0 Å². The van der Waals surface area contributed by atoms with Gasteiger partial charge in [0, 0.05) is 5.02 Å². The number of benzene rings is 1. The van der Waals surface area contributed by atoms with Crippen molar-refractivity contribution in [3.63, 3.8) is 0 Å². The first-order valence-corrected chi connectivity index (χ1v) is 5.36. The number of rotatable bonds is 6. The maximum absolute atomic E-state index is 5.78. The molecular formula is C11H17ClN2. The van der Waals surface area contributed by atoms with E-state index in [1.165, 1.54) is 5.56 Å². The first kappa shape index (κ1) is 11.5. The van der Waals surface area contributed by atoms with Gasteiger partial charge < -0.3 is 11.1 Å². The van der Waals surface area contributed by atoms with E-state index in [-0.39, 0.29) is 0 Å². The molecule has 0 aliphatic rings. The SMILES string of the molecule is NCCCNCCc1ccc(Cl)cc1. The van der Waals surface area contributed by atoms with Gasteiger partial charge in [0.25, 0.3) is 0 Å². The normalized spacial score (nSPS) is 10.4. The average molecular weight is 213 g/mol. The standard InChI is InChI=1S/C11H17ClN2/c12-11-4-2-10(3-5-11)6-9-14-8-1-7-13/h2-5,14H,1,6-9,13H2. The lowest BCUT2D eigenvalue weighted by atomic mass is 10.1. The van der Waals surface area contributed by atoms with Crippen LogP contribution in [0.5, 0.6) is 0 Å². The molecule has 0 saturated heterocycles. The number of nitrogens with one attached hydrogen (secondary N) is 1. The molecule has 0 unspecified atom stereocenters. The third-order valence-corrected chi connectivity index (χ3v) is 2.31. The summed E-state index contributed by atoms with van der Waals surface area (Å²) >= 11 is 5.78. The molecular weight excluding hydrogens is 196 g/mol. The van der Waals surface area contributed by atoms with E-state index in [0.717, 1.165) is 37.5 Å². The first-order chi connectivity index (χ1) is 6.83. The third-order valence-electron chi connectivity index (χ3n) is 2.06. The van der Waals surface area contributed by atoms with E-state index >= 15 is 0 Å². The summed E-state index contributed by atoms with van der Waals surface area (Å²) in [7, 11) is 0. The molecule has 3 heteroatoms. The van der Waals surface area contributed by atoms with Crippen molar-refractivity contribution in [2.75, 3.05) is 19.6 Å². The quantitative estimate of drug-likeness (QED) is 0.707. The topological polar surface area (TPSA) is 38.0 Å². The zero-order chi connectivity index (χ0) is 10.2. The van der Waals surface area contributed by atoms with Crippen molar-refractivity contribution in [3.05, 3.63) is 34.9 Å². The van der Waals surface area contributed by atoms with Crippen molar-refractivity contribution >= 4 is 11.6 Å². The molecule has 0 aliphatic heterocycles. The summed E-state index contributed by atoms with van der Waals surface area (Å²) in [5.74, 6) is 0. The molecule has 0 saturated carbocycles. The minimum Gasteiger partial charge on any atom is -0.330 e. The summed E-state index contributed by atoms with van der Waals surface area (Å²) in [4.78, 5) is 0. The Bertz CT molecular complexity index is 246. The second-order valence-electron chi connectivity index (χ2n) is 3.27. The van der Waals surface area contributed by atoms with Crippen LogP contribution in [-0.2, 0) is 6.42 Å². The summed E-state index contributed by atoms with van der Waals surface area (Å²) in [6, 6.07) is 7.98. The Morgan fingerprint density at radius 1 is 1.14 bits per heavy atom. The van der Waals surface area contributed by atoms with Gasteiger partial charge >= 0.3 is 0 Å². The predicted molar refractivity (Wildman–Crippen MR) is 61.7 cm³/mol. The van der Waals surface area contributed by atoms with Crippen LogP contribution in [0.2, 0.25) is 5.02 Å². The van der Waals surface area contributed by atoms with E-state index < -0.39 is 0 Å². The van der Waals surface area contributed by atoms with Crippen LogP contribution in [0.1, 0.15) is 12.0 Å². The third kappa shape index (κ3) is 4.61. The Labute approximate surface area is 90.4 Å². The minimum atomic E-state index is 0.758. The van der Waals surface area contributed by atoms with Gasteiger partial charge in [-0.3, -0.25) is 0 Å². The highest BCUT2D eigenvalue weighted by atomic mass is 35.5. The van der Waals surface area contributed by atoms with Crippen molar-refractivity contribution in [2.24, 2.45) is 5.73 Å². The highest BCUT2D eigenvalue weighted by Crippen LogP contribution is 2.09. The highest BCUT2D eigenvalue weighted by molar-refractivity contribution is 6.30. The average Bonchev–Trinajstić information content (AvgIpc) is 2.21. The summed E-state index contributed by atoms with van der Waals surface area (Å²) in [6.45, 7) is 2.76. The van der Waals surface area contributed by atoms with Crippen LogP contribution in [0.15, 0.2) is 24.3 Å². The number of halogens is 1. The van der Waals surface area contributed by atoms with Crippen molar-refractivity contribution in [3.8, 4) is 0 Å². The molecule has 78 valence electrons. The van der Waals surface area contributed by atoms with Crippen molar-refractivity contribution < 1.29 is 0 Å². The molecule has 1 aromatic rings. The molecule has 2 nitrogen and oxygen atoms in total. The van der Waals surface area contributed by atoms with Crippen molar-refractivity contribution in [2.45, 2.75) is 12.8 Å². The van der Waals surface area contributed by atoms with Crippen LogP contribution in [0, 0.1) is 0 Å². The highest BCUT2D eigenvalue weighted by Gasteiger charge is 1.92. The Morgan fingerprint density at radius 3 is 2.50 bits per heavy atom. The van der Waals surface area contributed by atoms with E-state index in [1.54, 1.807) is 0 Å². The van der Waals surface area contributed by atoms with Crippen LogP contribution in [-0.4, -0.2) is 19.6 Å². The fourth-order valence-electron chi connectivity index (χ4n) is 1.24. The smallest absolute Gasteiger partial charge is 0.0406 e. The molecule has 1 rings (SSSR count). The van der Waals surface area contributed by atoms with Gasteiger partial charge in [0.1, 0.15) is 0 Å². The maximum Gasteiger partial charge on any atom is 0.0406 e. The van der Waals surface area contributed by atoms with Gasteiger partial charge in [-0.05, 0) is 50.2 Å². The molecule has 0 radical (unpaired) electrons. The minimum absolute atomic E-state index is 0.758. The van der Waals surface area contributed by atoms with Crippen LogP contribution >= 0.6 is 11.6 Å². The van der Waals surface area contributed by atoms with Gasteiger partial charge in [-0.2, -0.15) is 0 Å². The summed E-state index contributed by atoms with van der Waals surface area (Å²) in [6.07, 6.45) is 2.09. The van der Waals surface area contributed by atoms with E-state index in [9.17, 15) is 0 Å². The monoisotopic (exact) mass is 212 g/mol. The largest absolute Gasteiger partial charge is 0.330 e. The van der Waals surface area contributed by atoms with Gasteiger partial charge in [-0.25, -0.2) is 0 Å². The molecule has 0 bridgehead atoms. The zero-order valence-corrected chi connectivity index (χ0v) is 9.06. The molecule has 0 spiro atoms. The fourth-order valence-corrected chi connectivity index (χ4v) is 1.36. The van der Waals surface area contributed by atoms with Gasteiger partial charge in [0.05, 0.1) is 0 Å². The maximum atomic E-state index is 5.78. The molecule has 3 N–H and O–H groups in total. The predicted octanol–water partition coefficient (Wildman–Crippen LogP) is 1.82. The molecule has 0 aliphatic carbocycles. The number of nitrogens with two attached hydrogens (primary N) is 1. The summed E-state index contributed by atoms with van der Waals surface area (Å²) < 4.78 is 0. The Morgan fingerprint density at radius 2 is 1.86 bits per heavy atom.